The second kappa shape index (κ2) is 7.78. The lowest BCUT2D eigenvalue weighted by Crippen LogP contribution is -2.13. The van der Waals surface area contributed by atoms with Gasteiger partial charge >= 0.3 is 0 Å². The average Bonchev–Trinajstić information content (AvgIpc) is 3.60. The topological polar surface area (TPSA) is 102 Å². The molecule has 6 rings (SSSR count). The van der Waals surface area contributed by atoms with E-state index in [0.717, 1.165) is 69.9 Å². The van der Waals surface area contributed by atoms with Crippen molar-refractivity contribution in [2.24, 2.45) is 0 Å². The van der Waals surface area contributed by atoms with Crippen LogP contribution >= 0.6 is 0 Å². The van der Waals surface area contributed by atoms with Crippen molar-refractivity contribution in [3.63, 3.8) is 0 Å². The zero-order valence-corrected chi connectivity index (χ0v) is 17.8. The van der Waals surface area contributed by atoms with Crippen molar-refractivity contribution < 1.29 is 18.9 Å². The summed E-state index contributed by atoms with van der Waals surface area (Å²) in [5, 5.41) is 0. The van der Waals surface area contributed by atoms with E-state index in [-0.39, 0.29) is 0 Å². The van der Waals surface area contributed by atoms with Crippen molar-refractivity contribution in [1.82, 2.24) is 0 Å². The third-order valence-corrected chi connectivity index (χ3v) is 6.85. The predicted molar refractivity (Wildman–Crippen MR) is 118 cm³/mol. The van der Waals surface area contributed by atoms with E-state index in [0.29, 0.717) is 24.4 Å². The van der Waals surface area contributed by atoms with Gasteiger partial charge in [0.25, 0.3) is 0 Å². The van der Waals surface area contributed by atoms with Gasteiger partial charge in [-0.3, -0.25) is 0 Å². The van der Waals surface area contributed by atoms with Crippen LogP contribution in [0.2, 0.25) is 0 Å². The zero-order chi connectivity index (χ0) is 20.9. The molecule has 4 aliphatic heterocycles. The Bertz CT molecular complexity index is 912. The molecule has 4 N–H and O–H groups in total. The van der Waals surface area contributed by atoms with Gasteiger partial charge in [-0.25, -0.2) is 0 Å². The Morgan fingerprint density at radius 3 is 1.19 bits per heavy atom. The van der Waals surface area contributed by atoms with Crippen molar-refractivity contribution in [3.05, 3.63) is 57.6 Å². The molecule has 2 aromatic carbocycles. The summed E-state index contributed by atoms with van der Waals surface area (Å²) < 4.78 is 22.2. The Morgan fingerprint density at radius 2 is 0.871 bits per heavy atom. The number of nitrogen functional groups attached to an aromatic ring is 2. The Kier molecular flexibility index (Phi) is 4.91. The second-order valence-electron chi connectivity index (χ2n) is 9.36. The number of rotatable bonds is 10. The molecule has 2 aromatic rings. The molecule has 4 unspecified atom stereocenters. The first-order valence-corrected chi connectivity index (χ1v) is 11.4. The molecule has 4 heterocycles. The van der Waals surface area contributed by atoms with Gasteiger partial charge in [0.05, 0.1) is 50.8 Å². The highest BCUT2D eigenvalue weighted by molar-refractivity contribution is 5.59. The van der Waals surface area contributed by atoms with Crippen molar-refractivity contribution in [2.45, 2.75) is 56.5 Å². The van der Waals surface area contributed by atoms with Crippen LogP contribution in [0.4, 0.5) is 11.4 Å². The fourth-order valence-electron chi connectivity index (χ4n) is 4.70. The maximum atomic E-state index is 6.42. The molecule has 6 nitrogen and oxygen atoms in total. The number of epoxide rings is 4. The molecule has 0 radical (unpaired) electrons. The van der Waals surface area contributed by atoms with Crippen LogP contribution in [-0.4, -0.2) is 50.8 Å². The molecular formula is C25H30N2O4. The fourth-order valence-corrected chi connectivity index (χ4v) is 4.70. The molecule has 31 heavy (non-hydrogen) atoms. The van der Waals surface area contributed by atoms with Gasteiger partial charge in [0.1, 0.15) is 0 Å². The number of anilines is 2. The average molecular weight is 423 g/mol. The predicted octanol–water partition coefficient (Wildman–Crippen LogP) is 2.21. The summed E-state index contributed by atoms with van der Waals surface area (Å²) in [6.45, 7) is 3.34. The first-order valence-electron chi connectivity index (χ1n) is 11.4. The minimum atomic E-state index is 0.306. The van der Waals surface area contributed by atoms with Crippen LogP contribution in [0.3, 0.4) is 0 Å². The molecule has 4 atom stereocenters. The molecule has 0 bridgehead atoms. The van der Waals surface area contributed by atoms with Crippen molar-refractivity contribution in [3.8, 4) is 0 Å². The zero-order valence-electron chi connectivity index (χ0n) is 17.8. The Hall–Kier alpha value is -2.12. The Labute approximate surface area is 182 Å². The number of benzene rings is 2. The standard InChI is InChI=1S/C25H30N2O4/c26-24-3-1-14(20(6-16-10-28-16)22(24)8-18-12-30-18)5-15-2-4-25(27)23(9-19-13-31-19)21(15)7-17-11-29-17/h1-4,16-19H,5-13,26-27H2. The van der Waals surface area contributed by atoms with E-state index in [9.17, 15) is 0 Å². The molecule has 164 valence electrons. The van der Waals surface area contributed by atoms with E-state index in [1.165, 1.54) is 33.4 Å². The number of hydrogen-bond acceptors (Lipinski definition) is 6. The van der Waals surface area contributed by atoms with Gasteiger partial charge in [0.15, 0.2) is 0 Å². The molecule has 6 heteroatoms. The van der Waals surface area contributed by atoms with Gasteiger partial charge in [-0.05, 0) is 51.9 Å². The Morgan fingerprint density at radius 1 is 0.548 bits per heavy atom. The number of nitrogens with two attached hydrogens (primary N) is 2. The highest BCUT2D eigenvalue weighted by atomic mass is 16.6. The molecule has 4 aliphatic rings. The lowest BCUT2D eigenvalue weighted by Gasteiger charge is -2.20. The van der Waals surface area contributed by atoms with Crippen LogP contribution in [0.1, 0.15) is 33.4 Å². The Balaban J connectivity index is 1.37. The molecule has 0 aromatic heterocycles. The van der Waals surface area contributed by atoms with E-state index < -0.39 is 0 Å². The molecule has 4 fully saturated rings. The highest BCUT2D eigenvalue weighted by Gasteiger charge is 2.32. The SMILES string of the molecule is Nc1ccc(Cc2ccc(N)c(CC3CO3)c2CC2CO2)c(CC2CO2)c1CC1CO1. The first-order chi connectivity index (χ1) is 15.1. The third kappa shape index (κ3) is 4.58. The first kappa shape index (κ1) is 19.6. The fraction of sp³-hybridized carbons (Fsp3) is 0.520. The summed E-state index contributed by atoms with van der Waals surface area (Å²) in [5.74, 6) is 0. The van der Waals surface area contributed by atoms with Gasteiger partial charge < -0.3 is 30.4 Å². The molecule has 4 saturated heterocycles. The van der Waals surface area contributed by atoms with Crippen LogP contribution in [0.15, 0.2) is 24.3 Å². The quantitative estimate of drug-likeness (QED) is 0.450. The van der Waals surface area contributed by atoms with Crippen LogP contribution in [-0.2, 0) is 51.1 Å². The molecular weight excluding hydrogens is 392 g/mol. The normalized spacial score (nSPS) is 27.9. The monoisotopic (exact) mass is 422 g/mol. The van der Waals surface area contributed by atoms with Crippen LogP contribution in [0, 0.1) is 0 Å². The largest absolute Gasteiger partial charge is 0.398 e. The van der Waals surface area contributed by atoms with Gasteiger partial charge in [0, 0.05) is 37.1 Å². The van der Waals surface area contributed by atoms with E-state index >= 15 is 0 Å². The van der Waals surface area contributed by atoms with E-state index in [2.05, 4.69) is 24.3 Å². The van der Waals surface area contributed by atoms with Crippen molar-refractivity contribution in [2.75, 3.05) is 37.9 Å². The van der Waals surface area contributed by atoms with E-state index in [1.54, 1.807) is 0 Å². The number of ether oxygens (including phenoxy) is 4. The summed E-state index contributed by atoms with van der Waals surface area (Å²) in [7, 11) is 0. The van der Waals surface area contributed by atoms with Crippen LogP contribution in [0.5, 0.6) is 0 Å². The molecule has 0 spiro atoms. The molecule has 0 amide bonds. The van der Waals surface area contributed by atoms with E-state index in [4.69, 9.17) is 30.4 Å². The van der Waals surface area contributed by atoms with Gasteiger partial charge in [-0.15, -0.1) is 0 Å². The van der Waals surface area contributed by atoms with Gasteiger partial charge in [0.2, 0.25) is 0 Å². The van der Waals surface area contributed by atoms with Crippen LogP contribution < -0.4 is 11.5 Å². The lowest BCUT2D eigenvalue weighted by molar-refractivity contribution is 0.401. The summed E-state index contributed by atoms with van der Waals surface area (Å²) in [5.41, 5.74) is 22.4. The summed E-state index contributed by atoms with van der Waals surface area (Å²) in [6.07, 6.45) is 5.71. The van der Waals surface area contributed by atoms with E-state index in [1.807, 2.05) is 0 Å². The second-order valence-corrected chi connectivity index (χ2v) is 9.36. The summed E-state index contributed by atoms with van der Waals surface area (Å²) in [4.78, 5) is 0. The third-order valence-electron chi connectivity index (χ3n) is 6.85. The minimum absolute atomic E-state index is 0.306. The van der Waals surface area contributed by atoms with Crippen molar-refractivity contribution >= 4 is 11.4 Å². The maximum Gasteiger partial charge on any atom is 0.0851 e. The smallest absolute Gasteiger partial charge is 0.0851 e. The summed E-state index contributed by atoms with van der Waals surface area (Å²) >= 11 is 0. The highest BCUT2D eigenvalue weighted by Crippen LogP contribution is 2.35. The minimum Gasteiger partial charge on any atom is -0.398 e. The van der Waals surface area contributed by atoms with Gasteiger partial charge in [-0.1, -0.05) is 12.1 Å². The molecule has 0 saturated carbocycles. The number of hydrogen-bond donors (Lipinski definition) is 2. The van der Waals surface area contributed by atoms with Crippen LogP contribution in [0.25, 0.3) is 0 Å². The summed E-state index contributed by atoms with van der Waals surface area (Å²) in [6, 6.07) is 8.51. The van der Waals surface area contributed by atoms with Crippen molar-refractivity contribution in [1.29, 1.82) is 0 Å². The lowest BCUT2D eigenvalue weighted by atomic mass is 9.86. The van der Waals surface area contributed by atoms with Gasteiger partial charge in [-0.2, -0.15) is 0 Å². The molecule has 0 aliphatic carbocycles. The maximum absolute atomic E-state index is 6.42.